The van der Waals surface area contributed by atoms with Gasteiger partial charge in [-0.15, -0.1) is 5.11 Å². The van der Waals surface area contributed by atoms with Crippen LogP contribution < -0.4 is 5.73 Å². The van der Waals surface area contributed by atoms with Crippen LogP contribution in [0.15, 0.2) is 76.1 Å². The molecule has 1 aromatic heterocycles. The van der Waals surface area contributed by atoms with Gasteiger partial charge in [0.1, 0.15) is 11.5 Å². The van der Waals surface area contributed by atoms with Crippen molar-refractivity contribution >= 4 is 23.4 Å². The van der Waals surface area contributed by atoms with Gasteiger partial charge in [-0.05, 0) is 23.8 Å². The topological polar surface area (TPSA) is 80.9 Å². The van der Waals surface area contributed by atoms with Gasteiger partial charge in [0.2, 0.25) is 0 Å². The number of benzene rings is 1. The molecular weight excluding hydrogens is 276 g/mol. The molecule has 22 heavy (non-hydrogen) atoms. The Labute approximate surface area is 129 Å². The fourth-order valence-corrected chi connectivity index (χ4v) is 1.70. The Morgan fingerprint density at radius 3 is 2.82 bits per heavy atom. The van der Waals surface area contributed by atoms with E-state index in [1.165, 1.54) is 0 Å². The molecule has 2 N–H and O–H groups in total. The summed E-state index contributed by atoms with van der Waals surface area (Å²) in [6, 6.07) is 9.46. The van der Waals surface area contributed by atoms with Crippen LogP contribution in [-0.4, -0.2) is 23.0 Å². The van der Waals surface area contributed by atoms with Crippen LogP contribution in [0.4, 0.5) is 17.2 Å². The number of anilines is 1. The maximum absolute atomic E-state index is 6.03. The minimum absolute atomic E-state index is 0.457. The lowest BCUT2D eigenvalue weighted by Crippen LogP contribution is -2.05. The highest BCUT2D eigenvalue weighted by atomic mass is 15.3. The number of rotatable bonds is 6. The first-order valence-corrected chi connectivity index (χ1v) is 6.75. The van der Waals surface area contributed by atoms with Gasteiger partial charge in [-0.25, -0.2) is 4.68 Å². The maximum atomic E-state index is 6.03. The average Bonchev–Trinajstić information content (AvgIpc) is 2.87. The predicted octanol–water partition coefficient (Wildman–Crippen LogP) is 3.69. The van der Waals surface area contributed by atoms with Crippen LogP contribution in [0.1, 0.15) is 0 Å². The Morgan fingerprint density at radius 2 is 2.09 bits per heavy atom. The van der Waals surface area contributed by atoms with Crippen molar-refractivity contribution in [3.8, 4) is 0 Å². The molecule has 1 heterocycles. The van der Waals surface area contributed by atoms with E-state index >= 15 is 0 Å². The zero-order valence-electron chi connectivity index (χ0n) is 12.4. The Balaban J connectivity index is 2.06. The number of nitrogens with zero attached hydrogens (tertiary/aromatic N) is 5. The van der Waals surface area contributed by atoms with Crippen molar-refractivity contribution in [2.24, 2.45) is 15.2 Å². The molecule has 0 aliphatic heterocycles. The van der Waals surface area contributed by atoms with Crippen molar-refractivity contribution in [1.29, 1.82) is 0 Å². The summed E-state index contributed by atoms with van der Waals surface area (Å²) in [6.45, 7) is 4.43. The van der Waals surface area contributed by atoms with E-state index in [0.717, 1.165) is 11.3 Å². The standard InChI is InChI=1S/C16H18N6/c1-13(7-6-10-18-2)12-22-16(17)15(11-19-22)21-20-14-8-4-3-5-9-14/h3-11H,1,12,17H2,2H3/b7-6-,18-10?,21-20?. The number of azo groups is 1. The minimum atomic E-state index is 0.457. The number of hydrogen-bond acceptors (Lipinski definition) is 5. The quantitative estimate of drug-likeness (QED) is 0.500. The van der Waals surface area contributed by atoms with E-state index in [1.54, 1.807) is 24.1 Å². The molecule has 0 saturated heterocycles. The zero-order chi connectivity index (χ0) is 15.8. The van der Waals surface area contributed by atoms with Gasteiger partial charge in [0.25, 0.3) is 0 Å². The van der Waals surface area contributed by atoms with Gasteiger partial charge in [0.05, 0.1) is 18.4 Å². The van der Waals surface area contributed by atoms with Crippen LogP contribution in [0.3, 0.4) is 0 Å². The van der Waals surface area contributed by atoms with Crippen molar-refractivity contribution < 1.29 is 0 Å². The molecule has 1 aromatic carbocycles. The number of nitrogen functional groups attached to an aromatic ring is 1. The molecule has 0 bridgehead atoms. The lowest BCUT2D eigenvalue weighted by molar-refractivity contribution is 0.698. The summed E-state index contributed by atoms with van der Waals surface area (Å²) in [5.74, 6) is 0.457. The van der Waals surface area contributed by atoms with Crippen LogP contribution in [0, 0.1) is 0 Å². The smallest absolute Gasteiger partial charge is 0.150 e. The average molecular weight is 294 g/mol. The summed E-state index contributed by atoms with van der Waals surface area (Å²) < 4.78 is 1.63. The molecule has 0 aliphatic rings. The highest BCUT2D eigenvalue weighted by Crippen LogP contribution is 2.24. The van der Waals surface area contributed by atoms with E-state index in [0.29, 0.717) is 18.1 Å². The third-order valence-electron chi connectivity index (χ3n) is 2.81. The summed E-state index contributed by atoms with van der Waals surface area (Å²) >= 11 is 0. The summed E-state index contributed by atoms with van der Waals surface area (Å²) in [5, 5.41) is 12.5. The first kappa shape index (κ1) is 15.4. The van der Waals surface area contributed by atoms with E-state index in [4.69, 9.17) is 5.73 Å². The third-order valence-corrected chi connectivity index (χ3v) is 2.81. The SMILES string of the molecule is C=C(/C=C\C=NC)Cn1ncc(N=Nc2ccccc2)c1N. The number of aliphatic imine (C=N–C) groups is 1. The van der Waals surface area contributed by atoms with Crippen molar-refractivity contribution in [2.75, 3.05) is 12.8 Å². The van der Waals surface area contributed by atoms with Gasteiger partial charge < -0.3 is 5.73 Å². The first-order chi connectivity index (χ1) is 10.7. The lowest BCUT2D eigenvalue weighted by atomic mass is 10.3. The third kappa shape index (κ3) is 4.24. The van der Waals surface area contributed by atoms with E-state index in [1.807, 2.05) is 42.5 Å². The molecule has 0 radical (unpaired) electrons. The monoisotopic (exact) mass is 294 g/mol. The number of allylic oxidation sites excluding steroid dienone is 3. The fourth-order valence-electron chi connectivity index (χ4n) is 1.70. The molecular formula is C16H18N6. The molecule has 6 nitrogen and oxygen atoms in total. The van der Waals surface area contributed by atoms with Crippen molar-refractivity contribution in [2.45, 2.75) is 6.54 Å². The number of hydrogen-bond donors (Lipinski definition) is 1. The summed E-state index contributed by atoms with van der Waals surface area (Å²) in [6.07, 6.45) is 6.96. The molecule has 6 heteroatoms. The zero-order valence-corrected chi connectivity index (χ0v) is 12.4. The molecule has 0 saturated carbocycles. The van der Waals surface area contributed by atoms with Gasteiger partial charge in [0, 0.05) is 13.3 Å². The van der Waals surface area contributed by atoms with Crippen LogP contribution in [0.5, 0.6) is 0 Å². The fraction of sp³-hybridized carbons (Fsp3) is 0.125. The summed E-state index contributed by atoms with van der Waals surface area (Å²) in [4.78, 5) is 3.86. The van der Waals surface area contributed by atoms with Gasteiger partial charge in [-0.2, -0.15) is 10.2 Å². The second kappa shape index (κ2) is 7.68. The maximum Gasteiger partial charge on any atom is 0.150 e. The first-order valence-electron chi connectivity index (χ1n) is 6.75. The van der Waals surface area contributed by atoms with Crippen molar-refractivity contribution in [3.05, 3.63) is 60.8 Å². The number of aromatic nitrogens is 2. The molecule has 0 aliphatic carbocycles. The molecule has 0 atom stereocenters. The molecule has 0 fully saturated rings. The van der Waals surface area contributed by atoms with Crippen LogP contribution >= 0.6 is 0 Å². The largest absolute Gasteiger partial charge is 0.382 e. The van der Waals surface area contributed by atoms with E-state index in [-0.39, 0.29) is 0 Å². The number of nitrogens with two attached hydrogens (primary N) is 1. The van der Waals surface area contributed by atoms with Crippen LogP contribution in [0.25, 0.3) is 0 Å². The van der Waals surface area contributed by atoms with Gasteiger partial charge in [-0.3, -0.25) is 4.99 Å². The molecule has 2 aromatic rings. The molecule has 2 rings (SSSR count). The Kier molecular flexibility index (Phi) is 5.37. The Bertz CT molecular complexity index is 709. The normalized spacial score (nSPS) is 11.9. The summed E-state index contributed by atoms with van der Waals surface area (Å²) in [7, 11) is 1.71. The molecule has 0 unspecified atom stereocenters. The van der Waals surface area contributed by atoms with E-state index in [9.17, 15) is 0 Å². The van der Waals surface area contributed by atoms with Crippen LogP contribution in [0.2, 0.25) is 0 Å². The Hall–Kier alpha value is -3.02. The van der Waals surface area contributed by atoms with E-state index < -0.39 is 0 Å². The second-order valence-corrected chi connectivity index (χ2v) is 4.53. The van der Waals surface area contributed by atoms with Gasteiger partial charge in [-0.1, -0.05) is 30.9 Å². The van der Waals surface area contributed by atoms with E-state index in [2.05, 4.69) is 26.9 Å². The van der Waals surface area contributed by atoms with Gasteiger partial charge >= 0.3 is 0 Å². The second-order valence-electron chi connectivity index (χ2n) is 4.53. The van der Waals surface area contributed by atoms with Crippen molar-refractivity contribution in [1.82, 2.24) is 9.78 Å². The van der Waals surface area contributed by atoms with Gasteiger partial charge in [0.15, 0.2) is 0 Å². The minimum Gasteiger partial charge on any atom is -0.382 e. The molecule has 0 spiro atoms. The lowest BCUT2D eigenvalue weighted by Gasteiger charge is -2.03. The Morgan fingerprint density at radius 1 is 1.32 bits per heavy atom. The highest BCUT2D eigenvalue weighted by Gasteiger charge is 2.06. The molecule has 0 amide bonds. The highest BCUT2D eigenvalue weighted by molar-refractivity contribution is 5.71. The molecule has 112 valence electrons. The van der Waals surface area contributed by atoms with Crippen LogP contribution in [-0.2, 0) is 6.54 Å². The summed E-state index contributed by atoms with van der Waals surface area (Å²) in [5.41, 5.74) is 8.19. The predicted molar refractivity (Wildman–Crippen MR) is 90.0 cm³/mol. The van der Waals surface area contributed by atoms with Crippen molar-refractivity contribution in [3.63, 3.8) is 0 Å².